The molecule has 6 nitrogen and oxygen atoms in total. The molecule has 3 heterocycles. The van der Waals surface area contributed by atoms with Crippen molar-refractivity contribution in [1.82, 2.24) is 9.55 Å². The second-order valence-electron chi connectivity index (χ2n) is 8.16. The lowest BCUT2D eigenvalue weighted by Gasteiger charge is -2.18. The van der Waals surface area contributed by atoms with Gasteiger partial charge in [0.15, 0.2) is 11.6 Å². The molecule has 1 atom stereocenters. The first-order chi connectivity index (χ1) is 16.6. The summed E-state index contributed by atoms with van der Waals surface area (Å²) in [5.41, 5.74) is 3.63. The van der Waals surface area contributed by atoms with Crippen LogP contribution in [0.15, 0.2) is 72.2 Å². The number of nitrogens with one attached hydrogen (secondary N) is 1. The summed E-state index contributed by atoms with van der Waals surface area (Å²) < 4.78 is 7.59. The molecule has 4 aromatic rings. The van der Waals surface area contributed by atoms with E-state index in [0.717, 1.165) is 16.3 Å². The van der Waals surface area contributed by atoms with Crippen molar-refractivity contribution in [3.05, 3.63) is 94.9 Å². The largest absolute Gasteiger partial charge is 0.372 e. The fourth-order valence-electron chi connectivity index (χ4n) is 4.15. The van der Waals surface area contributed by atoms with Gasteiger partial charge in [0, 0.05) is 40.9 Å². The number of Topliss-reactive ketones (excluding diaryl/α,β-unsaturated/α-hetero) is 2. The van der Waals surface area contributed by atoms with Gasteiger partial charge in [-0.3, -0.25) is 9.59 Å². The summed E-state index contributed by atoms with van der Waals surface area (Å²) in [6.07, 6.45) is 2.36. The Kier molecular flexibility index (Phi) is 6.38. The van der Waals surface area contributed by atoms with E-state index in [1.807, 2.05) is 71.6 Å². The molecule has 172 valence electrons. The van der Waals surface area contributed by atoms with Crippen LogP contribution in [0.1, 0.15) is 51.6 Å². The maximum atomic E-state index is 14.0. The first-order valence-corrected chi connectivity index (χ1v) is 12.2. The lowest BCUT2D eigenvalue weighted by atomic mass is 9.99. The summed E-state index contributed by atoms with van der Waals surface area (Å²) in [6.45, 7) is 3.60. The molecule has 1 aliphatic heterocycles. The number of hydrogen-bond acceptors (Lipinski definition) is 6. The quantitative estimate of drug-likeness (QED) is 0.330. The van der Waals surface area contributed by atoms with Crippen LogP contribution >= 0.6 is 11.3 Å². The minimum atomic E-state index is -0.706. The molecule has 0 amide bonds. The van der Waals surface area contributed by atoms with E-state index in [4.69, 9.17) is 9.72 Å². The van der Waals surface area contributed by atoms with Crippen LogP contribution in [0.2, 0.25) is 0 Å². The SMILES string of the molecule is CCC(=O)c1cccc(NC(C(=O)c2ccsc2-c2ccccc2)c2cn3c(n2)COCC3)c1. The number of fused-ring (bicyclic) bond motifs is 1. The first-order valence-electron chi connectivity index (χ1n) is 11.3. The molecule has 1 N–H and O–H groups in total. The van der Waals surface area contributed by atoms with Crippen LogP contribution in [0.4, 0.5) is 5.69 Å². The lowest BCUT2D eigenvalue weighted by Crippen LogP contribution is -2.22. The van der Waals surface area contributed by atoms with E-state index in [0.29, 0.717) is 48.7 Å². The molecule has 2 aromatic carbocycles. The van der Waals surface area contributed by atoms with E-state index in [1.165, 1.54) is 0 Å². The van der Waals surface area contributed by atoms with Gasteiger partial charge in [0.05, 0.1) is 12.3 Å². The highest BCUT2D eigenvalue weighted by molar-refractivity contribution is 7.14. The van der Waals surface area contributed by atoms with Gasteiger partial charge in [0.1, 0.15) is 18.5 Å². The maximum Gasteiger partial charge on any atom is 0.192 e. The first kappa shape index (κ1) is 22.3. The van der Waals surface area contributed by atoms with Gasteiger partial charge in [-0.15, -0.1) is 11.3 Å². The second-order valence-corrected chi connectivity index (χ2v) is 9.07. The Labute approximate surface area is 202 Å². The smallest absolute Gasteiger partial charge is 0.192 e. The molecular weight excluding hydrogens is 446 g/mol. The van der Waals surface area contributed by atoms with E-state index >= 15 is 0 Å². The molecule has 0 spiro atoms. The summed E-state index contributed by atoms with van der Waals surface area (Å²) in [6, 6.07) is 18.4. The van der Waals surface area contributed by atoms with Gasteiger partial charge >= 0.3 is 0 Å². The number of carbonyl (C=O) groups is 2. The van der Waals surface area contributed by atoms with Crippen molar-refractivity contribution in [2.45, 2.75) is 32.5 Å². The number of thiophene rings is 1. The Bertz CT molecular complexity index is 1300. The monoisotopic (exact) mass is 471 g/mol. The molecule has 5 rings (SSSR count). The van der Waals surface area contributed by atoms with Crippen molar-refractivity contribution < 1.29 is 14.3 Å². The van der Waals surface area contributed by atoms with E-state index < -0.39 is 6.04 Å². The Morgan fingerprint density at radius 1 is 1.15 bits per heavy atom. The molecular formula is C27H25N3O3S. The molecule has 34 heavy (non-hydrogen) atoms. The van der Waals surface area contributed by atoms with Crippen LogP contribution < -0.4 is 5.32 Å². The normalized spacial score (nSPS) is 13.8. The average molecular weight is 472 g/mol. The number of imidazole rings is 1. The molecule has 0 aliphatic carbocycles. The number of nitrogens with zero attached hydrogens (tertiary/aromatic N) is 2. The lowest BCUT2D eigenvalue weighted by molar-refractivity contribution is 0.0816. The number of aromatic nitrogens is 2. The zero-order valence-corrected chi connectivity index (χ0v) is 19.7. The Hall–Kier alpha value is -3.55. The van der Waals surface area contributed by atoms with Crippen molar-refractivity contribution in [1.29, 1.82) is 0 Å². The fourth-order valence-corrected chi connectivity index (χ4v) is 5.06. The minimum absolute atomic E-state index is 0.0605. The van der Waals surface area contributed by atoms with Gasteiger partial charge in [-0.25, -0.2) is 4.98 Å². The van der Waals surface area contributed by atoms with Crippen molar-refractivity contribution in [3.8, 4) is 10.4 Å². The third-order valence-electron chi connectivity index (χ3n) is 5.93. The van der Waals surface area contributed by atoms with Gasteiger partial charge in [-0.1, -0.05) is 49.4 Å². The highest BCUT2D eigenvalue weighted by Crippen LogP contribution is 2.34. The van der Waals surface area contributed by atoms with E-state index in [1.54, 1.807) is 23.5 Å². The molecule has 0 bridgehead atoms. The van der Waals surface area contributed by atoms with Crippen LogP contribution in [0.5, 0.6) is 0 Å². The van der Waals surface area contributed by atoms with Crippen molar-refractivity contribution in [3.63, 3.8) is 0 Å². The van der Waals surface area contributed by atoms with E-state index in [-0.39, 0.29) is 11.6 Å². The number of ether oxygens (including phenoxy) is 1. The molecule has 0 saturated heterocycles. The number of carbonyl (C=O) groups excluding carboxylic acids is 2. The molecule has 0 fully saturated rings. The summed E-state index contributed by atoms with van der Waals surface area (Å²) in [5.74, 6) is 0.804. The van der Waals surface area contributed by atoms with Crippen LogP contribution in [0, 0.1) is 0 Å². The highest BCUT2D eigenvalue weighted by atomic mass is 32.1. The van der Waals surface area contributed by atoms with Gasteiger partial charge in [0.2, 0.25) is 0 Å². The third kappa shape index (κ3) is 4.44. The molecule has 7 heteroatoms. The third-order valence-corrected chi connectivity index (χ3v) is 6.89. The van der Waals surface area contributed by atoms with Crippen LogP contribution in [0.3, 0.4) is 0 Å². The second kappa shape index (κ2) is 9.75. The van der Waals surface area contributed by atoms with Crippen molar-refractivity contribution >= 4 is 28.6 Å². The predicted molar refractivity (Wildman–Crippen MR) is 133 cm³/mol. The van der Waals surface area contributed by atoms with Crippen molar-refractivity contribution in [2.24, 2.45) is 0 Å². The number of benzene rings is 2. The minimum Gasteiger partial charge on any atom is -0.372 e. The van der Waals surface area contributed by atoms with Crippen LogP contribution in [-0.2, 0) is 17.9 Å². The van der Waals surface area contributed by atoms with Gasteiger partial charge < -0.3 is 14.6 Å². The standard InChI is InChI=1S/C27H25N3O3S/c1-2-23(31)19-9-6-10-20(15-19)28-25(22-16-30-12-13-33-17-24(30)29-22)26(32)21-11-14-34-27(21)18-7-4-3-5-8-18/h3-11,14-16,25,28H,2,12-13,17H2,1H3. The topological polar surface area (TPSA) is 73.2 Å². The van der Waals surface area contributed by atoms with Crippen LogP contribution in [-0.4, -0.2) is 27.7 Å². The summed E-state index contributed by atoms with van der Waals surface area (Å²) in [5, 5.41) is 5.32. The summed E-state index contributed by atoms with van der Waals surface area (Å²) in [7, 11) is 0. The molecule has 0 radical (unpaired) electrons. The van der Waals surface area contributed by atoms with Gasteiger partial charge in [-0.2, -0.15) is 0 Å². The predicted octanol–water partition coefficient (Wildman–Crippen LogP) is 5.77. The number of rotatable bonds is 8. The molecule has 1 unspecified atom stereocenters. The Morgan fingerprint density at radius 2 is 2.00 bits per heavy atom. The van der Waals surface area contributed by atoms with Gasteiger partial charge in [-0.05, 0) is 29.1 Å². The number of hydrogen-bond donors (Lipinski definition) is 1. The zero-order valence-electron chi connectivity index (χ0n) is 18.9. The zero-order chi connectivity index (χ0) is 23.5. The highest BCUT2D eigenvalue weighted by Gasteiger charge is 2.29. The molecule has 1 aliphatic rings. The average Bonchev–Trinajstić information content (AvgIpc) is 3.54. The molecule has 0 saturated carbocycles. The molecule has 2 aromatic heterocycles. The number of anilines is 1. The number of ketones is 2. The maximum absolute atomic E-state index is 14.0. The summed E-state index contributed by atoms with van der Waals surface area (Å²) in [4.78, 5) is 31.9. The Morgan fingerprint density at radius 3 is 2.79 bits per heavy atom. The van der Waals surface area contributed by atoms with Crippen molar-refractivity contribution in [2.75, 3.05) is 11.9 Å². The Balaban J connectivity index is 1.54. The van der Waals surface area contributed by atoms with E-state index in [9.17, 15) is 9.59 Å². The fraction of sp³-hybridized carbons (Fsp3) is 0.222. The van der Waals surface area contributed by atoms with Gasteiger partial charge in [0.25, 0.3) is 0 Å². The summed E-state index contributed by atoms with van der Waals surface area (Å²) >= 11 is 1.55. The van der Waals surface area contributed by atoms with Crippen LogP contribution in [0.25, 0.3) is 10.4 Å². The van der Waals surface area contributed by atoms with E-state index in [2.05, 4.69) is 5.32 Å².